The van der Waals surface area contributed by atoms with Crippen LogP contribution in [0, 0.1) is 0 Å². The van der Waals surface area contributed by atoms with Crippen molar-refractivity contribution in [1.29, 1.82) is 0 Å². The molecule has 0 fully saturated rings. The van der Waals surface area contributed by atoms with Gasteiger partial charge < -0.3 is 5.32 Å². The van der Waals surface area contributed by atoms with Crippen LogP contribution < -0.4 is 5.32 Å². The maximum absolute atomic E-state index is 12.9. The lowest BCUT2D eigenvalue weighted by Gasteiger charge is -2.14. The van der Waals surface area contributed by atoms with Crippen molar-refractivity contribution in [3.05, 3.63) is 29.8 Å². The van der Waals surface area contributed by atoms with Gasteiger partial charge in [0.1, 0.15) is 0 Å². The second kappa shape index (κ2) is 7.26. The minimum absolute atomic E-state index is 0.142. The molecule has 1 aromatic rings. The first kappa shape index (κ1) is 18.0. The molecule has 1 rings (SSSR count). The van der Waals surface area contributed by atoms with Gasteiger partial charge in [0.25, 0.3) is 0 Å². The molecule has 0 aliphatic carbocycles. The fourth-order valence-corrected chi connectivity index (χ4v) is 3.68. The summed E-state index contributed by atoms with van der Waals surface area (Å²) >= 11 is 0. The summed E-state index contributed by atoms with van der Waals surface area (Å²) in [6, 6.07) is 4.46. The quantitative estimate of drug-likeness (QED) is 0.838. The molecule has 1 N–H and O–H groups in total. The molecule has 0 spiro atoms. The fourth-order valence-electron chi connectivity index (χ4n) is 2.11. The van der Waals surface area contributed by atoms with Crippen LogP contribution in [0.1, 0.15) is 32.3 Å². The molecule has 1 atom stereocenters. The first-order valence-electron chi connectivity index (χ1n) is 6.81. The summed E-state index contributed by atoms with van der Waals surface area (Å²) in [4.78, 5) is -0.631. The van der Waals surface area contributed by atoms with Gasteiger partial charge in [0.2, 0.25) is 0 Å². The van der Waals surface area contributed by atoms with Crippen LogP contribution in [-0.2, 0) is 16.0 Å². The topological polar surface area (TPSA) is 46.2 Å². The highest BCUT2D eigenvalue weighted by Gasteiger charge is 2.36. The number of hydrogen-bond acceptors (Lipinski definition) is 3. The highest BCUT2D eigenvalue weighted by molar-refractivity contribution is 7.91. The largest absolute Gasteiger partial charge is 0.417 e. The number of alkyl halides is 3. The molecule has 0 saturated heterocycles. The Morgan fingerprint density at radius 2 is 1.86 bits per heavy atom. The summed E-state index contributed by atoms with van der Waals surface area (Å²) < 4.78 is 62.8. The normalized spacial score (nSPS) is 14.1. The second-order valence-corrected chi connectivity index (χ2v) is 6.99. The van der Waals surface area contributed by atoms with Gasteiger partial charge in [0.05, 0.1) is 16.2 Å². The van der Waals surface area contributed by atoms with E-state index in [4.69, 9.17) is 0 Å². The minimum Gasteiger partial charge on any atom is -0.315 e. The van der Waals surface area contributed by atoms with Gasteiger partial charge in [-0.25, -0.2) is 8.42 Å². The Morgan fingerprint density at radius 3 is 2.43 bits per heavy atom. The van der Waals surface area contributed by atoms with Crippen LogP contribution in [0.5, 0.6) is 0 Å². The molecule has 0 aromatic heterocycles. The number of halogens is 3. The van der Waals surface area contributed by atoms with Crippen molar-refractivity contribution in [2.75, 3.05) is 12.3 Å². The van der Waals surface area contributed by atoms with Crippen LogP contribution in [0.3, 0.4) is 0 Å². The molecule has 3 nitrogen and oxygen atoms in total. The van der Waals surface area contributed by atoms with E-state index in [1.54, 1.807) is 0 Å². The molecule has 0 amide bonds. The maximum atomic E-state index is 12.9. The van der Waals surface area contributed by atoms with Crippen molar-refractivity contribution >= 4 is 9.84 Å². The smallest absolute Gasteiger partial charge is 0.315 e. The molecule has 0 aliphatic rings. The van der Waals surface area contributed by atoms with E-state index in [1.807, 2.05) is 13.8 Å². The van der Waals surface area contributed by atoms with Crippen LogP contribution in [0.25, 0.3) is 0 Å². The molecule has 0 heterocycles. The summed E-state index contributed by atoms with van der Waals surface area (Å²) in [5.41, 5.74) is -1.09. The first-order chi connectivity index (χ1) is 9.68. The monoisotopic (exact) mass is 323 g/mol. The number of benzene rings is 1. The van der Waals surface area contributed by atoms with Crippen molar-refractivity contribution in [3.8, 4) is 0 Å². The molecule has 0 saturated carbocycles. The molecular weight excluding hydrogens is 303 g/mol. The van der Waals surface area contributed by atoms with E-state index < -0.39 is 26.5 Å². The molecule has 1 unspecified atom stereocenters. The summed E-state index contributed by atoms with van der Waals surface area (Å²) in [6.45, 7) is 4.62. The summed E-state index contributed by atoms with van der Waals surface area (Å²) in [6.07, 6.45) is -3.75. The van der Waals surface area contributed by atoms with E-state index in [0.29, 0.717) is 12.8 Å². The predicted octanol–water partition coefficient (Wildman–Crippen LogP) is 3.26. The lowest BCUT2D eigenvalue weighted by atomic mass is 10.2. The lowest BCUT2D eigenvalue weighted by molar-refractivity contribution is -0.139. The van der Waals surface area contributed by atoms with Crippen molar-refractivity contribution in [3.63, 3.8) is 0 Å². The second-order valence-electron chi connectivity index (χ2n) is 4.91. The lowest BCUT2D eigenvalue weighted by Crippen LogP contribution is -2.26. The van der Waals surface area contributed by atoms with Gasteiger partial charge in [0, 0.05) is 6.04 Å². The molecular formula is C14H20F3NO2S. The van der Waals surface area contributed by atoms with Crippen molar-refractivity contribution in [2.45, 2.75) is 43.8 Å². The van der Waals surface area contributed by atoms with Gasteiger partial charge in [0.15, 0.2) is 9.84 Å². The van der Waals surface area contributed by atoms with Crippen LogP contribution in [-0.4, -0.2) is 26.8 Å². The number of hydrogen-bond donors (Lipinski definition) is 1. The predicted molar refractivity (Wildman–Crippen MR) is 75.9 cm³/mol. The summed E-state index contributed by atoms with van der Waals surface area (Å²) in [7, 11) is -3.93. The van der Waals surface area contributed by atoms with E-state index >= 15 is 0 Å². The fraction of sp³-hybridized carbons (Fsp3) is 0.571. The number of nitrogens with one attached hydrogen (secondary N) is 1. The van der Waals surface area contributed by atoms with E-state index in [1.165, 1.54) is 12.1 Å². The van der Waals surface area contributed by atoms with Crippen molar-refractivity contribution in [2.24, 2.45) is 0 Å². The average Bonchev–Trinajstić information content (AvgIpc) is 2.38. The van der Waals surface area contributed by atoms with Crippen LogP contribution in [0.2, 0.25) is 0 Å². The Kier molecular flexibility index (Phi) is 6.22. The minimum atomic E-state index is -4.67. The van der Waals surface area contributed by atoms with E-state index in [-0.39, 0.29) is 11.8 Å². The van der Waals surface area contributed by atoms with Crippen molar-refractivity contribution in [1.82, 2.24) is 5.32 Å². The van der Waals surface area contributed by atoms with Crippen LogP contribution in [0.15, 0.2) is 29.2 Å². The average molecular weight is 323 g/mol. The zero-order valence-electron chi connectivity index (χ0n) is 12.1. The van der Waals surface area contributed by atoms with E-state index in [0.717, 1.165) is 18.7 Å². The zero-order chi connectivity index (χ0) is 16.1. The first-order valence-corrected chi connectivity index (χ1v) is 8.46. The van der Waals surface area contributed by atoms with E-state index in [9.17, 15) is 21.6 Å². The maximum Gasteiger partial charge on any atom is 0.417 e. The highest BCUT2D eigenvalue weighted by atomic mass is 32.2. The summed E-state index contributed by atoms with van der Waals surface area (Å²) in [5, 5.41) is 3.13. The third-order valence-electron chi connectivity index (χ3n) is 3.13. The zero-order valence-corrected chi connectivity index (χ0v) is 12.9. The third kappa shape index (κ3) is 5.32. The van der Waals surface area contributed by atoms with Crippen molar-refractivity contribution < 1.29 is 21.6 Å². The number of sulfone groups is 1. The molecule has 120 valence electrons. The Balaban J connectivity index is 2.85. The molecule has 0 radical (unpaired) electrons. The van der Waals surface area contributed by atoms with Gasteiger partial charge in [-0.15, -0.1) is 0 Å². The highest BCUT2D eigenvalue weighted by Crippen LogP contribution is 2.34. The Morgan fingerprint density at radius 1 is 1.24 bits per heavy atom. The van der Waals surface area contributed by atoms with Crippen LogP contribution in [0.4, 0.5) is 13.2 Å². The van der Waals surface area contributed by atoms with Gasteiger partial charge in [-0.1, -0.05) is 19.1 Å². The van der Waals surface area contributed by atoms with Gasteiger partial charge in [-0.3, -0.25) is 0 Å². The Hall–Kier alpha value is -1.08. The molecule has 21 heavy (non-hydrogen) atoms. The van der Waals surface area contributed by atoms with Gasteiger partial charge >= 0.3 is 6.18 Å². The van der Waals surface area contributed by atoms with Gasteiger partial charge in [-0.05, 0) is 38.4 Å². The molecule has 0 bridgehead atoms. The Bertz CT molecular complexity index is 556. The molecule has 7 heteroatoms. The van der Waals surface area contributed by atoms with E-state index in [2.05, 4.69) is 5.32 Å². The van der Waals surface area contributed by atoms with Crippen LogP contribution >= 0.6 is 0 Å². The molecule has 1 aromatic carbocycles. The SMILES string of the molecule is CCNC(C)CCCS(=O)(=O)c1ccccc1C(F)(F)F. The van der Waals surface area contributed by atoms with Gasteiger partial charge in [-0.2, -0.15) is 13.2 Å². The molecule has 0 aliphatic heterocycles. The third-order valence-corrected chi connectivity index (χ3v) is 4.98. The summed E-state index contributed by atoms with van der Waals surface area (Å²) in [5.74, 6) is -0.282. The Labute approximate surface area is 123 Å². The number of rotatable bonds is 7. The standard InChI is InChI=1S/C14H20F3NO2S/c1-3-18-11(2)7-6-10-21(19,20)13-9-5-4-8-12(13)14(15,16)17/h4-5,8-9,11,18H,3,6-7,10H2,1-2H3.